The van der Waals surface area contributed by atoms with Gasteiger partial charge in [-0.2, -0.15) is 11.8 Å². The van der Waals surface area contributed by atoms with E-state index in [0.717, 1.165) is 18.7 Å². The van der Waals surface area contributed by atoms with Gasteiger partial charge in [0.1, 0.15) is 5.82 Å². The highest BCUT2D eigenvalue weighted by Crippen LogP contribution is 2.42. The van der Waals surface area contributed by atoms with Gasteiger partial charge in [-0.25, -0.2) is 4.39 Å². The molecule has 0 heterocycles. The summed E-state index contributed by atoms with van der Waals surface area (Å²) in [6.07, 6.45) is 6.17. The van der Waals surface area contributed by atoms with Gasteiger partial charge < -0.3 is 5.32 Å². The summed E-state index contributed by atoms with van der Waals surface area (Å²) in [5, 5.41) is 3.48. The molecule has 17 heavy (non-hydrogen) atoms. The minimum Gasteiger partial charge on any atom is -0.311 e. The molecule has 0 amide bonds. The van der Waals surface area contributed by atoms with Crippen LogP contribution in [0.4, 0.5) is 4.39 Å². The van der Waals surface area contributed by atoms with Crippen LogP contribution < -0.4 is 5.32 Å². The van der Waals surface area contributed by atoms with E-state index in [4.69, 9.17) is 0 Å². The number of rotatable bonds is 5. The molecule has 1 aromatic carbocycles. The van der Waals surface area contributed by atoms with Gasteiger partial charge >= 0.3 is 0 Å². The molecule has 0 aliphatic heterocycles. The number of hydrogen-bond donors (Lipinski definition) is 1. The molecule has 0 aromatic heterocycles. The van der Waals surface area contributed by atoms with E-state index in [1.807, 2.05) is 23.9 Å². The van der Waals surface area contributed by atoms with Crippen LogP contribution in [0, 0.1) is 5.82 Å². The molecular weight excluding hydrogens is 301 g/mol. The standard InChI is InChI=1S/C13H17BrFNS/c1-17-13(5-2-6-13)9-16-8-10-3-4-12(15)11(14)7-10/h3-4,7,16H,2,5-6,8-9H2,1H3. The topological polar surface area (TPSA) is 12.0 Å². The molecule has 0 bridgehead atoms. The number of thioether (sulfide) groups is 1. The lowest BCUT2D eigenvalue weighted by atomic mass is 9.84. The minimum atomic E-state index is -0.201. The van der Waals surface area contributed by atoms with Crippen molar-refractivity contribution in [1.29, 1.82) is 0 Å². The Bertz CT molecular complexity index is 387. The molecular formula is C13H17BrFNS. The highest BCUT2D eigenvalue weighted by molar-refractivity contribution is 9.10. The van der Waals surface area contributed by atoms with Crippen molar-refractivity contribution >= 4 is 27.7 Å². The molecule has 1 nitrogen and oxygen atoms in total. The van der Waals surface area contributed by atoms with Gasteiger partial charge in [-0.15, -0.1) is 0 Å². The minimum absolute atomic E-state index is 0.201. The van der Waals surface area contributed by atoms with E-state index < -0.39 is 0 Å². The lowest BCUT2D eigenvalue weighted by molar-refractivity contribution is 0.345. The van der Waals surface area contributed by atoms with Crippen LogP contribution in [0.25, 0.3) is 0 Å². The van der Waals surface area contributed by atoms with Crippen LogP contribution in [-0.2, 0) is 6.54 Å². The van der Waals surface area contributed by atoms with Crippen molar-refractivity contribution in [2.75, 3.05) is 12.8 Å². The van der Waals surface area contributed by atoms with Crippen molar-refractivity contribution in [3.05, 3.63) is 34.1 Å². The summed E-state index contributed by atoms with van der Waals surface area (Å²) in [7, 11) is 0. The first-order chi connectivity index (χ1) is 8.15. The van der Waals surface area contributed by atoms with Gasteiger partial charge in [0.25, 0.3) is 0 Å². The third kappa shape index (κ3) is 3.24. The monoisotopic (exact) mass is 317 g/mol. The molecule has 0 unspecified atom stereocenters. The molecule has 2 rings (SSSR count). The average molecular weight is 318 g/mol. The maximum Gasteiger partial charge on any atom is 0.137 e. The first kappa shape index (κ1) is 13.4. The van der Waals surface area contributed by atoms with Crippen molar-refractivity contribution in [1.82, 2.24) is 5.32 Å². The summed E-state index contributed by atoms with van der Waals surface area (Å²) in [5.74, 6) is -0.201. The fourth-order valence-corrected chi connectivity index (χ4v) is 3.48. The summed E-state index contributed by atoms with van der Waals surface area (Å²) >= 11 is 5.18. The summed E-state index contributed by atoms with van der Waals surface area (Å²) in [5.41, 5.74) is 1.12. The van der Waals surface area contributed by atoms with Gasteiger partial charge in [-0.05, 0) is 52.7 Å². The Labute approximate surface area is 115 Å². The van der Waals surface area contributed by atoms with Crippen molar-refractivity contribution in [3.63, 3.8) is 0 Å². The maximum absolute atomic E-state index is 13.1. The molecule has 0 saturated heterocycles. The first-order valence-corrected chi connectivity index (χ1v) is 7.87. The molecule has 0 spiro atoms. The second kappa shape index (κ2) is 5.72. The Morgan fingerprint density at radius 1 is 1.47 bits per heavy atom. The van der Waals surface area contributed by atoms with Crippen LogP contribution in [0.2, 0.25) is 0 Å². The fraction of sp³-hybridized carbons (Fsp3) is 0.538. The Balaban J connectivity index is 1.83. The van der Waals surface area contributed by atoms with E-state index in [2.05, 4.69) is 27.5 Å². The molecule has 94 valence electrons. The molecule has 0 atom stereocenters. The van der Waals surface area contributed by atoms with Gasteiger partial charge in [-0.1, -0.05) is 12.5 Å². The lowest BCUT2D eigenvalue weighted by Gasteiger charge is -2.40. The van der Waals surface area contributed by atoms with Gasteiger partial charge in [0.2, 0.25) is 0 Å². The van der Waals surface area contributed by atoms with E-state index in [1.165, 1.54) is 25.3 Å². The molecule has 1 aliphatic carbocycles. The van der Waals surface area contributed by atoms with E-state index in [9.17, 15) is 4.39 Å². The van der Waals surface area contributed by atoms with Gasteiger partial charge in [0.05, 0.1) is 4.47 Å². The summed E-state index contributed by atoms with van der Waals surface area (Å²) in [4.78, 5) is 0. The zero-order chi connectivity index (χ0) is 12.3. The van der Waals surface area contributed by atoms with Crippen LogP contribution in [-0.4, -0.2) is 17.5 Å². The zero-order valence-corrected chi connectivity index (χ0v) is 12.3. The second-order valence-corrected chi connectivity index (χ2v) is 6.72. The summed E-state index contributed by atoms with van der Waals surface area (Å²) < 4.78 is 14.1. The molecule has 1 aliphatic rings. The van der Waals surface area contributed by atoms with Crippen LogP contribution >= 0.6 is 27.7 Å². The van der Waals surface area contributed by atoms with Gasteiger partial charge in [-0.3, -0.25) is 0 Å². The van der Waals surface area contributed by atoms with E-state index in [0.29, 0.717) is 9.22 Å². The van der Waals surface area contributed by atoms with Crippen molar-refractivity contribution < 1.29 is 4.39 Å². The molecule has 1 saturated carbocycles. The SMILES string of the molecule is CSC1(CNCc2ccc(F)c(Br)c2)CCC1. The highest BCUT2D eigenvalue weighted by Gasteiger charge is 2.35. The number of benzene rings is 1. The van der Waals surface area contributed by atoms with Gasteiger partial charge in [0.15, 0.2) is 0 Å². The zero-order valence-electron chi connectivity index (χ0n) is 9.93. The quantitative estimate of drug-likeness (QED) is 0.882. The number of hydrogen-bond acceptors (Lipinski definition) is 2. The molecule has 1 fully saturated rings. The fourth-order valence-electron chi connectivity index (χ4n) is 2.11. The van der Waals surface area contributed by atoms with Crippen LogP contribution in [0.3, 0.4) is 0 Å². The smallest absolute Gasteiger partial charge is 0.137 e. The average Bonchev–Trinajstić information content (AvgIpc) is 2.27. The van der Waals surface area contributed by atoms with Gasteiger partial charge in [0, 0.05) is 17.8 Å². The predicted molar refractivity (Wildman–Crippen MR) is 75.9 cm³/mol. The number of halogens is 2. The maximum atomic E-state index is 13.1. The van der Waals surface area contributed by atoms with Crippen LogP contribution in [0.15, 0.2) is 22.7 Å². The molecule has 0 radical (unpaired) electrons. The molecule has 1 N–H and O–H groups in total. The molecule has 4 heteroatoms. The Morgan fingerprint density at radius 2 is 2.24 bits per heavy atom. The highest BCUT2D eigenvalue weighted by atomic mass is 79.9. The first-order valence-electron chi connectivity index (χ1n) is 5.85. The predicted octanol–water partition coefficient (Wildman–Crippen LogP) is 3.96. The van der Waals surface area contributed by atoms with Crippen molar-refractivity contribution in [3.8, 4) is 0 Å². The Kier molecular flexibility index (Phi) is 4.50. The normalized spacial score (nSPS) is 17.8. The third-order valence-electron chi connectivity index (χ3n) is 3.46. The second-order valence-electron chi connectivity index (χ2n) is 4.59. The lowest BCUT2D eigenvalue weighted by Crippen LogP contribution is -2.43. The van der Waals surface area contributed by atoms with Crippen LogP contribution in [0.5, 0.6) is 0 Å². The van der Waals surface area contributed by atoms with Crippen molar-refractivity contribution in [2.45, 2.75) is 30.6 Å². The molecule has 1 aromatic rings. The van der Waals surface area contributed by atoms with Crippen LogP contribution in [0.1, 0.15) is 24.8 Å². The third-order valence-corrected chi connectivity index (χ3v) is 5.48. The number of nitrogens with one attached hydrogen (secondary N) is 1. The van der Waals surface area contributed by atoms with E-state index in [1.54, 1.807) is 0 Å². The largest absolute Gasteiger partial charge is 0.311 e. The van der Waals surface area contributed by atoms with Crippen molar-refractivity contribution in [2.24, 2.45) is 0 Å². The Hall–Kier alpha value is -0.0600. The Morgan fingerprint density at radius 3 is 2.76 bits per heavy atom. The summed E-state index contributed by atoms with van der Waals surface area (Å²) in [6, 6.07) is 5.18. The van der Waals surface area contributed by atoms with E-state index in [-0.39, 0.29) is 5.82 Å². The summed E-state index contributed by atoms with van der Waals surface area (Å²) in [6.45, 7) is 1.85. The van der Waals surface area contributed by atoms with E-state index >= 15 is 0 Å².